The smallest absolute Gasteiger partial charge is 0.244 e. The number of pyridine rings is 1. The molecule has 2 aromatic rings. The Bertz CT molecular complexity index is 822. The zero-order chi connectivity index (χ0) is 17.2. The van der Waals surface area contributed by atoms with Gasteiger partial charge in [-0.1, -0.05) is 22.4 Å². The lowest BCUT2D eigenvalue weighted by molar-refractivity contribution is 0.346. The van der Waals surface area contributed by atoms with Gasteiger partial charge in [-0.15, -0.1) is 0 Å². The highest BCUT2D eigenvalue weighted by atomic mass is 79.9. The lowest BCUT2D eigenvalue weighted by Gasteiger charge is -2.25. The fourth-order valence-corrected chi connectivity index (χ4v) is 4.30. The molecule has 1 aromatic heterocycles. The van der Waals surface area contributed by atoms with Gasteiger partial charge in [0.2, 0.25) is 15.9 Å². The predicted octanol–water partition coefficient (Wildman–Crippen LogP) is 3.95. The van der Waals surface area contributed by atoms with Crippen molar-refractivity contribution in [2.45, 2.75) is 24.2 Å². The number of benzene rings is 1. The minimum Gasteiger partial charge on any atom is -0.436 e. The SMILES string of the molecule is O=S(=O)(c1ccc(Oc2ccc(Br)cc2F)nc1)N1CCCCC1. The molecular formula is C16H16BrFN2O3S. The first-order chi connectivity index (χ1) is 11.5. The van der Waals surface area contributed by atoms with Crippen LogP contribution in [0.2, 0.25) is 0 Å². The molecule has 2 heterocycles. The molecule has 0 atom stereocenters. The van der Waals surface area contributed by atoms with E-state index in [1.165, 1.54) is 34.8 Å². The molecule has 3 rings (SSSR count). The number of hydrogen-bond donors (Lipinski definition) is 0. The van der Waals surface area contributed by atoms with Crippen molar-refractivity contribution in [2.24, 2.45) is 0 Å². The average molecular weight is 415 g/mol. The predicted molar refractivity (Wildman–Crippen MR) is 91.0 cm³/mol. The third kappa shape index (κ3) is 3.76. The Balaban J connectivity index is 1.77. The first-order valence-electron chi connectivity index (χ1n) is 7.56. The van der Waals surface area contributed by atoms with E-state index < -0.39 is 15.8 Å². The summed E-state index contributed by atoms with van der Waals surface area (Å²) in [4.78, 5) is 4.11. The Kier molecular flexibility index (Phi) is 5.17. The molecule has 0 radical (unpaired) electrons. The van der Waals surface area contributed by atoms with E-state index >= 15 is 0 Å². The Morgan fingerprint density at radius 1 is 1.12 bits per heavy atom. The first kappa shape index (κ1) is 17.3. The quantitative estimate of drug-likeness (QED) is 0.759. The Morgan fingerprint density at radius 2 is 1.88 bits per heavy atom. The van der Waals surface area contributed by atoms with Gasteiger partial charge in [-0.25, -0.2) is 17.8 Å². The normalized spacial score (nSPS) is 16.1. The van der Waals surface area contributed by atoms with Crippen LogP contribution in [-0.4, -0.2) is 30.8 Å². The highest BCUT2D eigenvalue weighted by Crippen LogP contribution is 2.27. The second-order valence-corrected chi connectivity index (χ2v) is 8.33. The van der Waals surface area contributed by atoms with Crippen LogP contribution in [0, 0.1) is 5.82 Å². The molecule has 5 nitrogen and oxygen atoms in total. The van der Waals surface area contributed by atoms with Crippen molar-refractivity contribution >= 4 is 26.0 Å². The molecule has 0 saturated carbocycles. The minimum atomic E-state index is -3.53. The molecule has 0 aliphatic carbocycles. The number of piperidine rings is 1. The monoisotopic (exact) mass is 414 g/mol. The average Bonchev–Trinajstić information content (AvgIpc) is 2.59. The second-order valence-electron chi connectivity index (χ2n) is 5.47. The van der Waals surface area contributed by atoms with Gasteiger partial charge in [0, 0.05) is 23.6 Å². The summed E-state index contributed by atoms with van der Waals surface area (Å²) in [5, 5.41) is 0. The van der Waals surface area contributed by atoms with Crippen LogP contribution in [0.15, 0.2) is 45.9 Å². The van der Waals surface area contributed by atoms with E-state index in [0.29, 0.717) is 17.6 Å². The first-order valence-corrected chi connectivity index (χ1v) is 9.79. The molecule has 0 unspecified atom stereocenters. The van der Waals surface area contributed by atoms with Crippen molar-refractivity contribution < 1.29 is 17.5 Å². The molecule has 0 spiro atoms. The summed E-state index contributed by atoms with van der Waals surface area (Å²) in [5.74, 6) is -0.373. The number of aromatic nitrogens is 1. The van der Waals surface area contributed by atoms with E-state index in [9.17, 15) is 12.8 Å². The van der Waals surface area contributed by atoms with Crippen molar-refractivity contribution in [1.29, 1.82) is 0 Å². The summed E-state index contributed by atoms with van der Waals surface area (Å²) < 4.78 is 46.3. The van der Waals surface area contributed by atoms with Crippen LogP contribution in [0.1, 0.15) is 19.3 Å². The lowest BCUT2D eigenvalue weighted by atomic mass is 10.2. The van der Waals surface area contributed by atoms with Gasteiger partial charge in [-0.2, -0.15) is 4.31 Å². The maximum atomic E-state index is 13.8. The minimum absolute atomic E-state index is 0.0253. The van der Waals surface area contributed by atoms with Crippen molar-refractivity contribution in [3.63, 3.8) is 0 Å². The Hall–Kier alpha value is -1.51. The molecule has 0 amide bonds. The summed E-state index contributed by atoms with van der Waals surface area (Å²) in [5.41, 5.74) is 0. The summed E-state index contributed by atoms with van der Waals surface area (Å²) in [6.45, 7) is 1.06. The van der Waals surface area contributed by atoms with Crippen LogP contribution >= 0.6 is 15.9 Å². The summed E-state index contributed by atoms with van der Waals surface area (Å²) in [7, 11) is -3.53. The van der Waals surface area contributed by atoms with E-state index in [0.717, 1.165) is 19.3 Å². The highest BCUT2D eigenvalue weighted by molar-refractivity contribution is 9.10. The summed E-state index contributed by atoms with van der Waals surface area (Å²) >= 11 is 3.17. The van der Waals surface area contributed by atoms with Crippen LogP contribution in [0.4, 0.5) is 4.39 Å². The van der Waals surface area contributed by atoms with Gasteiger partial charge < -0.3 is 4.74 Å². The topological polar surface area (TPSA) is 59.5 Å². The number of halogens is 2. The standard InChI is InChI=1S/C16H16BrFN2O3S/c17-12-4-6-15(14(18)10-12)23-16-7-5-13(11-19-16)24(21,22)20-8-2-1-3-9-20/h4-7,10-11H,1-3,8-9H2. The van der Waals surface area contributed by atoms with Crippen LogP contribution in [0.25, 0.3) is 0 Å². The molecular weight excluding hydrogens is 399 g/mol. The molecule has 24 heavy (non-hydrogen) atoms. The van der Waals surface area contributed by atoms with Crippen molar-refractivity contribution in [3.8, 4) is 11.6 Å². The fraction of sp³-hybridized carbons (Fsp3) is 0.312. The van der Waals surface area contributed by atoms with E-state index in [4.69, 9.17) is 4.74 Å². The molecule has 0 N–H and O–H groups in total. The van der Waals surface area contributed by atoms with Crippen LogP contribution in [0.5, 0.6) is 11.6 Å². The third-order valence-electron chi connectivity index (χ3n) is 3.77. The van der Waals surface area contributed by atoms with Gasteiger partial charge in [0.25, 0.3) is 0 Å². The van der Waals surface area contributed by atoms with Gasteiger partial charge in [-0.05, 0) is 37.1 Å². The molecule has 1 fully saturated rings. The molecule has 1 aliphatic rings. The van der Waals surface area contributed by atoms with E-state index in [1.54, 1.807) is 6.07 Å². The largest absolute Gasteiger partial charge is 0.436 e. The molecule has 1 saturated heterocycles. The fourth-order valence-electron chi connectivity index (χ4n) is 2.50. The lowest BCUT2D eigenvalue weighted by Crippen LogP contribution is -2.35. The number of sulfonamides is 1. The maximum Gasteiger partial charge on any atom is 0.244 e. The summed E-state index contributed by atoms with van der Waals surface area (Å²) in [6.07, 6.45) is 4.04. The summed E-state index contributed by atoms with van der Waals surface area (Å²) in [6, 6.07) is 7.26. The molecule has 1 aromatic carbocycles. The zero-order valence-electron chi connectivity index (χ0n) is 12.8. The van der Waals surface area contributed by atoms with E-state index in [2.05, 4.69) is 20.9 Å². The van der Waals surface area contributed by atoms with Gasteiger partial charge in [0.1, 0.15) is 4.90 Å². The van der Waals surface area contributed by atoms with Crippen molar-refractivity contribution in [3.05, 3.63) is 46.8 Å². The highest BCUT2D eigenvalue weighted by Gasteiger charge is 2.26. The number of ether oxygens (including phenoxy) is 1. The Morgan fingerprint density at radius 3 is 2.50 bits per heavy atom. The van der Waals surface area contributed by atoms with Crippen LogP contribution in [-0.2, 0) is 10.0 Å². The number of nitrogens with zero attached hydrogens (tertiary/aromatic N) is 2. The van der Waals surface area contributed by atoms with E-state index in [1.807, 2.05) is 0 Å². The van der Waals surface area contributed by atoms with E-state index in [-0.39, 0.29) is 16.5 Å². The molecule has 128 valence electrons. The number of rotatable bonds is 4. The number of hydrogen-bond acceptors (Lipinski definition) is 4. The van der Waals surface area contributed by atoms with Gasteiger partial charge in [0.05, 0.1) is 6.20 Å². The second kappa shape index (κ2) is 7.16. The molecule has 0 bridgehead atoms. The van der Waals surface area contributed by atoms with Gasteiger partial charge in [-0.3, -0.25) is 0 Å². The Labute approximate surface area is 148 Å². The van der Waals surface area contributed by atoms with Crippen LogP contribution in [0.3, 0.4) is 0 Å². The van der Waals surface area contributed by atoms with Crippen LogP contribution < -0.4 is 4.74 Å². The van der Waals surface area contributed by atoms with Crippen molar-refractivity contribution in [2.75, 3.05) is 13.1 Å². The van der Waals surface area contributed by atoms with Crippen molar-refractivity contribution in [1.82, 2.24) is 9.29 Å². The zero-order valence-corrected chi connectivity index (χ0v) is 15.2. The molecule has 8 heteroatoms. The maximum absolute atomic E-state index is 13.8. The van der Waals surface area contributed by atoms with Gasteiger partial charge >= 0.3 is 0 Å². The molecule has 1 aliphatic heterocycles. The third-order valence-corrected chi connectivity index (χ3v) is 6.15. The van der Waals surface area contributed by atoms with Gasteiger partial charge in [0.15, 0.2) is 11.6 Å².